The molecule has 0 saturated carbocycles. The largest absolute Gasteiger partial charge is 0.383 e. The molecule has 0 spiro atoms. The van der Waals surface area contributed by atoms with Crippen molar-refractivity contribution in [3.63, 3.8) is 0 Å². The van der Waals surface area contributed by atoms with Crippen LogP contribution in [0.15, 0.2) is 47.5 Å². The molecule has 2 heterocycles. The van der Waals surface area contributed by atoms with Crippen molar-refractivity contribution < 1.29 is 8.42 Å². The van der Waals surface area contributed by atoms with Crippen LogP contribution >= 0.6 is 11.6 Å². The van der Waals surface area contributed by atoms with Crippen molar-refractivity contribution in [2.75, 3.05) is 5.73 Å². The van der Waals surface area contributed by atoms with Gasteiger partial charge in [0.15, 0.2) is 5.65 Å². The molecule has 0 amide bonds. The fraction of sp³-hybridized carbons (Fsp3) is 0. The van der Waals surface area contributed by atoms with E-state index in [1.54, 1.807) is 24.3 Å². The highest BCUT2D eigenvalue weighted by molar-refractivity contribution is 7.90. The Balaban J connectivity index is 2.31. The molecule has 0 radical (unpaired) electrons. The van der Waals surface area contributed by atoms with E-state index in [1.807, 2.05) is 0 Å². The maximum atomic E-state index is 12.6. The van der Waals surface area contributed by atoms with Crippen LogP contribution in [0, 0.1) is 0 Å². The van der Waals surface area contributed by atoms with Crippen LogP contribution in [-0.4, -0.2) is 22.4 Å². The van der Waals surface area contributed by atoms with Gasteiger partial charge in [-0.15, -0.1) is 0 Å². The topological polar surface area (TPSA) is 90.9 Å². The highest BCUT2D eigenvalue weighted by Crippen LogP contribution is 2.24. The van der Waals surface area contributed by atoms with Crippen LogP contribution in [0.4, 0.5) is 5.82 Å². The van der Waals surface area contributed by atoms with Gasteiger partial charge in [-0.25, -0.2) is 17.4 Å². The molecule has 0 aliphatic carbocycles. The summed E-state index contributed by atoms with van der Waals surface area (Å²) in [5.74, 6) is 0.141. The van der Waals surface area contributed by atoms with Crippen molar-refractivity contribution >= 4 is 38.5 Å². The predicted molar refractivity (Wildman–Crippen MR) is 76.0 cm³/mol. The van der Waals surface area contributed by atoms with Gasteiger partial charge >= 0.3 is 0 Å². The third kappa shape index (κ3) is 1.91. The molecule has 102 valence electrons. The Bertz CT molecular complexity index is 890. The van der Waals surface area contributed by atoms with E-state index in [-0.39, 0.29) is 21.6 Å². The maximum Gasteiger partial charge on any atom is 0.269 e. The number of nitrogen functional groups attached to an aromatic ring is 1. The Morgan fingerprint density at radius 2 is 1.80 bits per heavy atom. The highest BCUT2D eigenvalue weighted by atomic mass is 35.5. The minimum atomic E-state index is -3.74. The molecular formula is C12H9ClN4O2S. The summed E-state index contributed by atoms with van der Waals surface area (Å²) in [5.41, 5.74) is 5.87. The van der Waals surface area contributed by atoms with E-state index in [0.29, 0.717) is 5.39 Å². The lowest BCUT2D eigenvalue weighted by molar-refractivity contribution is 0.589. The lowest BCUT2D eigenvalue weighted by Crippen LogP contribution is -2.12. The normalized spacial score (nSPS) is 11.8. The number of rotatable bonds is 2. The van der Waals surface area contributed by atoms with E-state index in [4.69, 9.17) is 17.3 Å². The number of nitrogens with zero attached hydrogens (tertiary/aromatic N) is 3. The number of anilines is 1. The van der Waals surface area contributed by atoms with Gasteiger partial charge in [0.2, 0.25) is 5.28 Å². The number of aromatic nitrogens is 3. The summed E-state index contributed by atoms with van der Waals surface area (Å²) in [6, 6.07) is 9.59. The second kappa shape index (κ2) is 4.46. The molecule has 0 unspecified atom stereocenters. The third-order valence-electron chi connectivity index (χ3n) is 2.81. The molecule has 0 aliphatic heterocycles. The zero-order chi connectivity index (χ0) is 14.3. The molecular weight excluding hydrogens is 300 g/mol. The number of hydrogen-bond acceptors (Lipinski definition) is 5. The van der Waals surface area contributed by atoms with Crippen LogP contribution < -0.4 is 5.73 Å². The molecule has 0 fully saturated rings. The molecule has 8 heteroatoms. The smallest absolute Gasteiger partial charge is 0.269 e. The Morgan fingerprint density at radius 3 is 2.50 bits per heavy atom. The van der Waals surface area contributed by atoms with Gasteiger partial charge in [0.25, 0.3) is 10.0 Å². The van der Waals surface area contributed by atoms with E-state index in [0.717, 1.165) is 3.97 Å². The van der Waals surface area contributed by atoms with Crippen molar-refractivity contribution in [3.05, 3.63) is 47.9 Å². The number of benzene rings is 1. The van der Waals surface area contributed by atoms with Crippen LogP contribution in [0.2, 0.25) is 5.28 Å². The van der Waals surface area contributed by atoms with Gasteiger partial charge in [-0.1, -0.05) is 18.2 Å². The van der Waals surface area contributed by atoms with Crippen LogP contribution in [0.5, 0.6) is 0 Å². The average molecular weight is 309 g/mol. The summed E-state index contributed by atoms with van der Waals surface area (Å²) in [7, 11) is -3.74. The van der Waals surface area contributed by atoms with E-state index in [1.165, 1.54) is 18.3 Å². The van der Waals surface area contributed by atoms with E-state index in [2.05, 4.69) is 9.97 Å². The minimum Gasteiger partial charge on any atom is -0.383 e. The summed E-state index contributed by atoms with van der Waals surface area (Å²) in [5, 5.41) is 0.340. The summed E-state index contributed by atoms with van der Waals surface area (Å²) in [6.07, 6.45) is 1.38. The minimum absolute atomic E-state index is 0.0989. The molecule has 20 heavy (non-hydrogen) atoms. The van der Waals surface area contributed by atoms with Gasteiger partial charge in [0.05, 0.1) is 10.3 Å². The lowest BCUT2D eigenvalue weighted by atomic mass is 10.4. The number of nitrogens with two attached hydrogens (primary N) is 1. The molecule has 0 bridgehead atoms. The summed E-state index contributed by atoms with van der Waals surface area (Å²) >= 11 is 5.74. The van der Waals surface area contributed by atoms with Crippen LogP contribution in [0.25, 0.3) is 11.0 Å². The van der Waals surface area contributed by atoms with E-state index in [9.17, 15) is 8.42 Å². The van der Waals surface area contributed by atoms with Crippen molar-refractivity contribution in [1.82, 2.24) is 13.9 Å². The predicted octanol–water partition coefficient (Wildman–Crippen LogP) is 1.90. The first-order valence-electron chi connectivity index (χ1n) is 5.61. The summed E-state index contributed by atoms with van der Waals surface area (Å²) in [6.45, 7) is 0. The van der Waals surface area contributed by atoms with Crippen LogP contribution in [0.1, 0.15) is 0 Å². The third-order valence-corrected chi connectivity index (χ3v) is 4.66. The van der Waals surface area contributed by atoms with Crippen molar-refractivity contribution in [2.45, 2.75) is 4.90 Å². The molecule has 0 aliphatic rings. The van der Waals surface area contributed by atoms with Crippen molar-refractivity contribution in [1.29, 1.82) is 0 Å². The summed E-state index contributed by atoms with van der Waals surface area (Å²) < 4.78 is 26.1. The second-order valence-electron chi connectivity index (χ2n) is 4.04. The molecule has 0 atom stereocenters. The molecule has 6 nitrogen and oxygen atoms in total. The van der Waals surface area contributed by atoms with Crippen molar-refractivity contribution in [2.24, 2.45) is 0 Å². The monoisotopic (exact) mass is 308 g/mol. The number of halogens is 1. The van der Waals surface area contributed by atoms with Gasteiger partial charge in [0, 0.05) is 6.20 Å². The summed E-state index contributed by atoms with van der Waals surface area (Å²) in [4.78, 5) is 7.90. The molecule has 1 aromatic carbocycles. The first-order chi connectivity index (χ1) is 9.50. The second-order valence-corrected chi connectivity index (χ2v) is 6.20. The van der Waals surface area contributed by atoms with Crippen LogP contribution in [-0.2, 0) is 10.0 Å². The Hall–Kier alpha value is -2.12. The Labute approximate surface area is 119 Å². The quantitative estimate of drug-likeness (QED) is 0.730. The van der Waals surface area contributed by atoms with Gasteiger partial charge in [0.1, 0.15) is 5.82 Å². The Morgan fingerprint density at radius 1 is 1.10 bits per heavy atom. The fourth-order valence-electron chi connectivity index (χ4n) is 1.89. The Kier molecular flexibility index (Phi) is 2.88. The number of fused-ring (bicyclic) bond motifs is 1. The van der Waals surface area contributed by atoms with Crippen LogP contribution in [0.3, 0.4) is 0 Å². The molecule has 2 aromatic heterocycles. The first kappa shape index (κ1) is 12.9. The van der Waals surface area contributed by atoms with Crippen molar-refractivity contribution in [3.8, 4) is 0 Å². The zero-order valence-corrected chi connectivity index (χ0v) is 11.6. The van der Waals surface area contributed by atoms with E-state index >= 15 is 0 Å². The van der Waals surface area contributed by atoms with Gasteiger partial charge in [-0.05, 0) is 29.8 Å². The average Bonchev–Trinajstić information content (AvgIpc) is 2.84. The SMILES string of the molecule is Nc1nc(Cl)nc2c1ccn2S(=O)(=O)c1ccccc1. The maximum absolute atomic E-state index is 12.6. The molecule has 3 rings (SSSR count). The van der Waals surface area contributed by atoms with Gasteiger partial charge in [-0.2, -0.15) is 4.98 Å². The molecule has 0 saturated heterocycles. The van der Waals surface area contributed by atoms with Gasteiger partial charge in [-0.3, -0.25) is 0 Å². The highest BCUT2D eigenvalue weighted by Gasteiger charge is 2.20. The lowest BCUT2D eigenvalue weighted by Gasteiger charge is -2.07. The fourth-order valence-corrected chi connectivity index (χ4v) is 3.37. The zero-order valence-electron chi connectivity index (χ0n) is 10.1. The molecule has 2 N–H and O–H groups in total. The van der Waals surface area contributed by atoms with E-state index < -0.39 is 10.0 Å². The number of hydrogen-bond donors (Lipinski definition) is 1. The van der Waals surface area contributed by atoms with Gasteiger partial charge < -0.3 is 5.73 Å². The molecule has 3 aromatic rings. The standard InChI is InChI=1S/C12H9ClN4O2S/c13-12-15-10(14)9-6-7-17(11(9)16-12)20(18,19)8-4-2-1-3-5-8/h1-7H,(H2,14,15,16). The first-order valence-corrected chi connectivity index (χ1v) is 7.42.